The van der Waals surface area contributed by atoms with Gasteiger partial charge in [-0.15, -0.1) is 0 Å². The van der Waals surface area contributed by atoms with Gasteiger partial charge in [0, 0.05) is 15.6 Å². The Bertz CT molecular complexity index is 587. The average molecular weight is 281 g/mol. The van der Waals surface area contributed by atoms with Gasteiger partial charge in [0.25, 0.3) is 0 Å². The molecule has 0 radical (unpaired) electrons. The van der Waals surface area contributed by atoms with Crippen molar-refractivity contribution in [2.45, 2.75) is 17.0 Å². The Morgan fingerprint density at radius 2 is 1.94 bits per heavy atom. The summed E-state index contributed by atoms with van der Waals surface area (Å²) in [5, 5.41) is 9.98. The van der Waals surface area contributed by atoms with Crippen LogP contribution in [0, 0.1) is 6.92 Å². The molecule has 1 aromatic carbocycles. The quantitative estimate of drug-likeness (QED) is 0.874. The number of aromatic nitrogens is 2. The number of carbonyl (C=O) groups is 1. The third-order valence-corrected chi connectivity index (χ3v) is 3.20. The van der Waals surface area contributed by atoms with E-state index in [-0.39, 0.29) is 5.69 Å². The van der Waals surface area contributed by atoms with E-state index >= 15 is 0 Å². The number of carboxylic acids is 1. The molecule has 0 atom stereocenters. The van der Waals surface area contributed by atoms with Crippen LogP contribution >= 0.6 is 23.4 Å². The summed E-state index contributed by atoms with van der Waals surface area (Å²) in [6, 6.07) is 8.63. The van der Waals surface area contributed by atoms with Gasteiger partial charge in [0.05, 0.1) is 0 Å². The van der Waals surface area contributed by atoms with Gasteiger partial charge in [-0.2, -0.15) is 0 Å². The van der Waals surface area contributed by atoms with E-state index in [0.29, 0.717) is 15.9 Å². The molecule has 0 amide bonds. The third kappa shape index (κ3) is 3.21. The molecule has 0 aliphatic rings. The van der Waals surface area contributed by atoms with Crippen molar-refractivity contribution in [1.29, 1.82) is 0 Å². The Balaban J connectivity index is 2.28. The molecule has 0 saturated heterocycles. The second-order valence-electron chi connectivity index (χ2n) is 3.54. The maximum absolute atomic E-state index is 10.9. The Morgan fingerprint density at radius 1 is 1.28 bits per heavy atom. The molecule has 1 aromatic heterocycles. The average Bonchev–Trinajstić information content (AvgIpc) is 2.31. The van der Waals surface area contributed by atoms with Crippen LogP contribution in [0.5, 0.6) is 0 Å². The second kappa shape index (κ2) is 5.37. The lowest BCUT2D eigenvalue weighted by Gasteiger charge is -2.03. The van der Waals surface area contributed by atoms with Gasteiger partial charge in [0.15, 0.2) is 10.9 Å². The molecule has 0 fully saturated rings. The summed E-state index contributed by atoms with van der Waals surface area (Å²) >= 11 is 7.09. The highest BCUT2D eigenvalue weighted by Gasteiger charge is 2.09. The minimum atomic E-state index is -1.06. The molecule has 0 saturated carbocycles. The molecule has 0 bridgehead atoms. The zero-order valence-electron chi connectivity index (χ0n) is 9.42. The number of carboxylic acid groups (broad SMARTS) is 1. The van der Waals surface area contributed by atoms with Crippen LogP contribution in [0.2, 0.25) is 5.02 Å². The molecule has 0 aliphatic heterocycles. The summed E-state index contributed by atoms with van der Waals surface area (Å²) in [5.41, 5.74) is 0.623. The molecule has 1 heterocycles. The Labute approximate surface area is 113 Å². The normalized spacial score (nSPS) is 10.3. The molecule has 6 heteroatoms. The lowest BCUT2D eigenvalue weighted by Crippen LogP contribution is -2.03. The maximum Gasteiger partial charge on any atom is 0.354 e. The van der Waals surface area contributed by atoms with Crippen molar-refractivity contribution in [3.05, 3.63) is 46.7 Å². The predicted octanol–water partition coefficient (Wildman–Crippen LogP) is 3.29. The van der Waals surface area contributed by atoms with Crippen molar-refractivity contribution < 1.29 is 9.90 Å². The van der Waals surface area contributed by atoms with Crippen LogP contribution in [-0.2, 0) is 0 Å². The highest BCUT2D eigenvalue weighted by Crippen LogP contribution is 2.26. The van der Waals surface area contributed by atoms with Crippen molar-refractivity contribution >= 4 is 29.3 Å². The number of aryl methyl sites for hydroxylation is 1. The van der Waals surface area contributed by atoms with Gasteiger partial charge in [-0.05, 0) is 49.0 Å². The van der Waals surface area contributed by atoms with Crippen molar-refractivity contribution in [3.63, 3.8) is 0 Å². The second-order valence-corrected chi connectivity index (χ2v) is 5.02. The standard InChI is InChI=1S/C12H9ClN2O2S/c1-7-6-10(11(16)17)15-12(14-7)18-9-4-2-8(13)3-5-9/h2-6H,1H3,(H,16,17). The maximum atomic E-state index is 10.9. The summed E-state index contributed by atoms with van der Waals surface area (Å²) in [6.45, 7) is 1.74. The van der Waals surface area contributed by atoms with Crippen LogP contribution in [0.25, 0.3) is 0 Å². The van der Waals surface area contributed by atoms with Crippen LogP contribution in [0.4, 0.5) is 0 Å². The number of halogens is 1. The van der Waals surface area contributed by atoms with Gasteiger partial charge < -0.3 is 5.11 Å². The van der Waals surface area contributed by atoms with Gasteiger partial charge in [-0.1, -0.05) is 11.6 Å². The van der Waals surface area contributed by atoms with Gasteiger partial charge in [-0.25, -0.2) is 14.8 Å². The number of benzene rings is 1. The summed E-state index contributed by atoms with van der Waals surface area (Å²) in [6.07, 6.45) is 0. The Morgan fingerprint density at radius 3 is 2.56 bits per heavy atom. The molecular weight excluding hydrogens is 272 g/mol. The van der Waals surface area contributed by atoms with Crippen LogP contribution in [0.3, 0.4) is 0 Å². The highest BCUT2D eigenvalue weighted by atomic mass is 35.5. The lowest BCUT2D eigenvalue weighted by atomic mass is 10.3. The van der Waals surface area contributed by atoms with E-state index < -0.39 is 5.97 Å². The van der Waals surface area contributed by atoms with Crippen LogP contribution < -0.4 is 0 Å². The van der Waals surface area contributed by atoms with Crippen molar-refractivity contribution in [1.82, 2.24) is 9.97 Å². The zero-order chi connectivity index (χ0) is 13.1. The first-order chi connectivity index (χ1) is 8.54. The van der Waals surface area contributed by atoms with Crippen molar-refractivity contribution in [2.24, 2.45) is 0 Å². The molecule has 2 rings (SSSR count). The largest absolute Gasteiger partial charge is 0.477 e. The number of rotatable bonds is 3. The summed E-state index contributed by atoms with van der Waals surface area (Å²) in [4.78, 5) is 19.9. The Kier molecular flexibility index (Phi) is 3.84. The summed E-state index contributed by atoms with van der Waals surface area (Å²) in [5.74, 6) is -1.06. The third-order valence-electron chi connectivity index (χ3n) is 2.08. The van der Waals surface area contributed by atoms with Crippen LogP contribution in [0.1, 0.15) is 16.2 Å². The lowest BCUT2D eigenvalue weighted by molar-refractivity contribution is 0.0689. The van der Waals surface area contributed by atoms with Gasteiger partial charge in [-0.3, -0.25) is 0 Å². The van der Waals surface area contributed by atoms with Crippen LogP contribution in [0.15, 0.2) is 40.4 Å². The highest BCUT2D eigenvalue weighted by molar-refractivity contribution is 7.99. The SMILES string of the molecule is Cc1cc(C(=O)O)nc(Sc2ccc(Cl)cc2)n1. The number of nitrogens with zero attached hydrogens (tertiary/aromatic N) is 2. The van der Waals surface area contributed by atoms with Gasteiger partial charge in [0.1, 0.15) is 0 Å². The summed E-state index contributed by atoms with van der Waals surface area (Å²) in [7, 11) is 0. The van der Waals surface area contributed by atoms with Crippen molar-refractivity contribution in [3.8, 4) is 0 Å². The van der Waals surface area contributed by atoms with E-state index in [9.17, 15) is 4.79 Å². The molecule has 4 nitrogen and oxygen atoms in total. The first-order valence-corrected chi connectivity index (χ1v) is 6.26. The molecule has 0 aliphatic carbocycles. The van der Waals surface area contributed by atoms with Crippen LogP contribution in [-0.4, -0.2) is 21.0 Å². The summed E-state index contributed by atoms with van der Waals surface area (Å²) < 4.78 is 0. The zero-order valence-corrected chi connectivity index (χ0v) is 11.0. The van der Waals surface area contributed by atoms with E-state index in [1.807, 2.05) is 12.1 Å². The molecular formula is C12H9ClN2O2S. The molecule has 0 spiro atoms. The fourth-order valence-corrected chi connectivity index (χ4v) is 2.25. The fraction of sp³-hybridized carbons (Fsp3) is 0.0833. The molecule has 1 N–H and O–H groups in total. The van der Waals surface area contributed by atoms with Gasteiger partial charge in [0.2, 0.25) is 0 Å². The van der Waals surface area contributed by atoms with E-state index in [1.165, 1.54) is 17.8 Å². The minimum Gasteiger partial charge on any atom is -0.477 e. The molecule has 2 aromatic rings. The van der Waals surface area contributed by atoms with Gasteiger partial charge >= 0.3 is 5.97 Å². The first-order valence-electron chi connectivity index (χ1n) is 5.07. The topological polar surface area (TPSA) is 63.1 Å². The smallest absolute Gasteiger partial charge is 0.354 e. The van der Waals surface area contributed by atoms with E-state index in [1.54, 1.807) is 19.1 Å². The first kappa shape index (κ1) is 12.9. The van der Waals surface area contributed by atoms with E-state index in [0.717, 1.165) is 4.90 Å². The number of aromatic carboxylic acids is 1. The molecule has 0 unspecified atom stereocenters. The minimum absolute atomic E-state index is 0.000960. The number of hydrogen-bond donors (Lipinski definition) is 1. The number of hydrogen-bond acceptors (Lipinski definition) is 4. The molecule has 18 heavy (non-hydrogen) atoms. The van der Waals surface area contributed by atoms with E-state index in [2.05, 4.69) is 9.97 Å². The van der Waals surface area contributed by atoms with E-state index in [4.69, 9.17) is 16.7 Å². The molecule has 92 valence electrons. The fourth-order valence-electron chi connectivity index (χ4n) is 1.30. The van der Waals surface area contributed by atoms with Crippen molar-refractivity contribution in [2.75, 3.05) is 0 Å². The Hall–Kier alpha value is -1.59. The predicted molar refractivity (Wildman–Crippen MR) is 69.3 cm³/mol. The monoisotopic (exact) mass is 280 g/mol.